The molecule has 2 heteroatoms. The third kappa shape index (κ3) is 4.02. The Labute approximate surface area is 111 Å². The fourth-order valence-corrected chi connectivity index (χ4v) is 1.71. The van der Waals surface area contributed by atoms with E-state index in [4.69, 9.17) is 0 Å². The minimum absolute atomic E-state index is 1.09. The lowest BCUT2D eigenvalue weighted by molar-refractivity contribution is -0.488. The second-order valence-corrected chi connectivity index (χ2v) is 4.70. The van der Waals surface area contributed by atoms with Gasteiger partial charge in [-0.25, -0.2) is 4.58 Å². The van der Waals surface area contributed by atoms with Crippen molar-refractivity contribution in [3.05, 3.63) is 41.1 Å². The predicted molar refractivity (Wildman–Crippen MR) is 80.6 cm³/mol. The molecule has 18 heavy (non-hydrogen) atoms. The smallest absolute Gasteiger partial charge is 0.139 e. The number of nitrogens with zero attached hydrogens (tertiary/aromatic N) is 1. The number of hydrogen-bond donors (Lipinski definition) is 1. The van der Waals surface area contributed by atoms with Gasteiger partial charge in [-0.1, -0.05) is 18.2 Å². The maximum atomic E-state index is 3.39. The zero-order valence-corrected chi connectivity index (χ0v) is 12.2. The van der Waals surface area contributed by atoms with Crippen molar-refractivity contribution < 1.29 is 4.58 Å². The molecule has 1 heterocycles. The highest BCUT2D eigenvalue weighted by atomic mass is 14.9. The summed E-state index contributed by atoms with van der Waals surface area (Å²) >= 11 is 0. The van der Waals surface area contributed by atoms with Crippen LogP contribution in [0.1, 0.15) is 33.3 Å². The van der Waals surface area contributed by atoms with E-state index < -0.39 is 0 Å². The number of para-hydroxylation sites is 1. The first-order chi connectivity index (χ1) is 8.58. The van der Waals surface area contributed by atoms with Crippen LogP contribution in [0, 0.1) is 0 Å². The lowest BCUT2D eigenvalue weighted by atomic mass is 9.99. The molecule has 1 aliphatic heterocycles. The Morgan fingerprint density at radius 1 is 1.28 bits per heavy atom. The van der Waals surface area contributed by atoms with Crippen LogP contribution in [0.3, 0.4) is 0 Å². The van der Waals surface area contributed by atoms with Crippen molar-refractivity contribution in [2.24, 2.45) is 0 Å². The van der Waals surface area contributed by atoms with Crippen LogP contribution in [-0.2, 0) is 6.42 Å². The van der Waals surface area contributed by atoms with E-state index in [9.17, 15) is 0 Å². The third-order valence-corrected chi connectivity index (χ3v) is 3.37. The van der Waals surface area contributed by atoms with Gasteiger partial charge in [0.1, 0.15) is 19.8 Å². The number of allylic oxidation sites excluding steroid dienone is 2. The molecule has 0 aliphatic carbocycles. The first-order valence-corrected chi connectivity index (χ1v) is 6.59. The van der Waals surface area contributed by atoms with Crippen molar-refractivity contribution in [1.29, 1.82) is 0 Å². The second kappa shape index (κ2) is 7.00. The highest BCUT2D eigenvalue weighted by Crippen LogP contribution is 2.26. The standard InChI is InChI=1S/C11H13N.C5H12N/c1-8-7-10-5-3-4-6-11(10)12-9(8)2;1-4-6(3)5-2/h3-6,12H,7H2,1-2H3;4H,5H2,1-3H3/q;+1. The largest absolute Gasteiger partial charge is 0.359 e. The van der Waals surface area contributed by atoms with Crippen LogP contribution >= 0.6 is 0 Å². The molecule has 2 nitrogen and oxygen atoms in total. The Hall–Kier alpha value is -1.57. The van der Waals surface area contributed by atoms with Crippen LogP contribution < -0.4 is 5.32 Å². The monoisotopic (exact) mass is 245 g/mol. The van der Waals surface area contributed by atoms with Crippen molar-refractivity contribution in [2.45, 2.75) is 34.1 Å². The highest BCUT2D eigenvalue weighted by molar-refractivity contribution is 5.59. The molecule has 0 bridgehead atoms. The van der Waals surface area contributed by atoms with E-state index in [2.05, 4.69) is 68.2 Å². The molecule has 0 fully saturated rings. The average Bonchev–Trinajstić information content (AvgIpc) is 2.40. The van der Waals surface area contributed by atoms with Gasteiger partial charge < -0.3 is 5.32 Å². The number of hydrogen-bond acceptors (Lipinski definition) is 1. The zero-order chi connectivity index (χ0) is 13.5. The average molecular weight is 245 g/mol. The maximum Gasteiger partial charge on any atom is 0.139 e. The van der Waals surface area contributed by atoms with Gasteiger partial charge in [-0.3, -0.25) is 0 Å². The minimum Gasteiger partial charge on any atom is -0.359 e. The molecular formula is C16H25N2+. The van der Waals surface area contributed by atoms with E-state index in [0.29, 0.717) is 0 Å². The minimum atomic E-state index is 1.09. The molecule has 1 aromatic rings. The summed E-state index contributed by atoms with van der Waals surface area (Å²) in [6, 6.07) is 8.47. The van der Waals surface area contributed by atoms with Crippen molar-refractivity contribution in [3.8, 4) is 0 Å². The summed E-state index contributed by atoms with van der Waals surface area (Å²) in [5.41, 5.74) is 5.41. The summed E-state index contributed by atoms with van der Waals surface area (Å²) in [6.07, 6.45) is 3.15. The molecule has 98 valence electrons. The number of anilines is 1. The number of nitrogens with one attached hydrogen (secondary N) is 1. The van der Waals surface area contributed by atoms with E-state index in [0.717, 1.165) is 13.0 Å². The Morgan fingerprint density at radius 2 is 1.94 bits per heavy atom. The molecule has 1 aliphatic rings. The molecule has 1 N–H and O–H groups in total. The van der Waals surface area contributed by atoms with Crippen molar-refractivity contribution in [2.75, 3.05) is 18.9 Å². The Morgan fingerprint density at radius 3 is 2.50 bits per heavy atom. The molecule has 2 rings (SSSR count). The van der Waals surface area contributed by atoms with E-state index in [-0.39, 0.29) is 0 Å². The van der Waals surface area contributed by atoms with E-state index in [1.54, 1.807) is 0 Å². The molecular weight excluding hydrogens is 220 g/mol. The Balaban J connectivity index is 0.000000232. The third-order valence-electron chi connectivity index (χ3n) is 3.37. The molecule has 1 aromatic carbocycles. The van der Waals surface area contributed by atoms with E-state index in [1.807, 2.05) is 6.92 Å². The molecule has 0 unspecified atom stereocenters. The number of fused-ring (bicyclic) bond motifs is 1. The van der Waals surface area contributed by atoms with Crippen LogP contribution in [0.4, 0.5) is 5.69 Å². The van der Waals surface area contributed by atoms with Gasteiger partial charge in [0.25, 0.3) is 0 Å². The van der Waals surface area contributed by atoms with E-state index in [1.165, 1.54) is 22.5 Å². The van der Waals surface area contributed by atoms with Gasteiger partial charge in [0.15, 0.2) is 0 Å². The highest BCUT2D eigenvalue weighted by Gasteiger charge is 2.09. The van der Waals surface area contributed by atoms with Gasteiger partial charge in [-0.15, -0.1) is 0 Å². The summed E-state index contributed by atoms with van der Waals surface area (Å²) in [4.78, 5) is 0. The summed E-state index contributed by atoms with van der Waals surface area (Å²) < 4.78 is 2.12. The molecule has 0 aromatic heterocycles. The molecule has 0 amide bonds. The number of rotatable bonds is 1. The SMILES string of the molecule is CC1=C(C)Nc2ccccc2C1.CC=[N+](C)CC. The molecule has 0 atom stereocenters. The normalized spacial score (nSPS) is 14.4. The topological polar surface area (TPSA) is 15.0 Å². The zero-order valence-electron chi connectivity index (χ0n) is 12.2. The summed E-state index contributed by atoms with van der Waals surface area (Å²) in [5, 5.41) is 3.39. The lowest BCUT2D eigenvalue weighted by Gasteiger charge is -2.20. The van der Waals surface area contributed by atoms with Crippen LogP contribution in [0.5, 0.6) is 0 Å². The Bertz CT molecular complexity index is 423. The Kier molecular flexibility index (Phi) is 5.63. The van der Waals surface area contributed by atoms with Gasteiger partial charge in [0.2, 0.25) is 0 Å². The van der Waals surface area contributed by atoms with Crippen molar-refractivity contribution in [3.63, 3.8) is 0 Å². The molecule has 0 saturated heterocycles. The fourth-order valence-electron chi connectivity index (χ4n) is 1.71. The molecule has 0 radical (unpaired) electrons. The van der Waals surface area contributed by atoms with Gasteiger partial charge in [0, 0.05) is 18.3 Å². The van der Waals surface area contributed by atoms with Crippen LogP contribution in [0.15, 0.2) is 35.5 Å². The first-order valence-electron chi connectivity index (χ1n) is 6.59. The quantitative estimate of drug-likeness (QED) is 0.589. The van der Waals surface area contributed by atoms with E-state index >= 15 is 0 Å². The van der Waals surface area contributed by atoms with Crippen molar-refractivity contribution >= 4 is 11.9 Å². The van der Waals surface area contributed by atoms with Crippen molar-refractivity contribution in [1.82, 2.24) is 0 Å². The van der Waals surface area contributed by atoms with Gasteiger partial charge >= 0.3 is 0 Å². The van der Waals surface area contributed by atoms with Gasteiger partial charge in [-0.05, 0) is 44.4 Å². The summed E-state index contributed by atoms with van der Waals surface area (Å²) in [6.45, 7) is 9.57. The van der Waals surface area contributed by atoms with Crippen LogP contribution in [-0.4, -0.2) is 24.4 Å². The van der Waals surface area contributed by atoms with Crippen LogP contribution in [0.25, 0.3) is 0 Å². The van der Waals surface area contributed by atoms with Gasteiger partial charge in [-0.2, -0.15) is 0 Å². The predicted octanol–water partition coefficient (Wildman–Crippen LogP) is 3.69. The molecule has 0 saturated carbocycles. The first kappa shape index (κ1) is 14.5. The maximum absolute atomic E-state index is 3.39. The lowest BCUT2D eigenvalue weighted by Crippen LogP contribution is -2.08. The fraction of sp³-hybridized carbons (Fsp3) is 0.438. The van der Waals surface area contributed by atoms with Crippen LogP contribution in [0.2, 0.25) is 0 Å². The summed E-state index contributed by atoms with van der Waals surface area (Å²) in [7, 11) is 2.06. The second-order valence-electron chi connectivity index (χ2n) is 4.70. The molecule has 0 spiro atoms. The number of benzene rings is 1. The summed E-state index contributed by atoms with van der Waals surface area (Å²) in [5.74, 6) is 0. The van der Waals surface area contributed by atoms with Gasteiger partial charge in [0.05, 0.1) is 0 Å².